The molecule has 35 heavy (non-hydrogen) atoms. The van der Waals surface area contributed by atoms with Crippen LogP contribution in [0, 0.1) is 15.5 Å². The maximum Gasteiger partial charge on any atom is 0.312 e. The highest BCUT2D eigenvalue weighted by atomic mass is 16.6. The minimum absolute atomic E-state index is 0.0454. The van der Waals surface area contributed by atoms with Crippen LogP contribution in [0.1, 0.15) is 20.8 Å². The number of aromatic nitrogens is 4. The molecule has 0 unspecified atom stereocenters. The Morgan fingerprint density at radius 2 is 1.83 bits per heavy atom. The summed E-state index contributed by atoms with van der Waals surface area (Å²) in [6.07, 6.45) is 5.23. The third-order valence-corrected chi connectivity index (χ3v) is 5.79. The molecule has 0 radical (unpaired) electrons. The van der Waals surface area contributed by atoms with E-state index in [1.54, 1.807) is 16.7 Å². The van der Waals surface area contributed by atoms with Crippen molar-refractivity contribution in [2.75, 3.05) is 0 Å². The zero-order valence-corrected chi connectivity index (χ0v) is 19.5. The van der Waals surface area contributed by atoms with Crippen LogP contribution in [-0.2, 0) is 16.3 Å². The Kier molecular flexibility index (Phi) is 5.32. The number of fused-ring (bicyclic) bond motifs is 2. The summed E-state index contributed by atoms with van der Waals surface area (Å²) < 4.78 is 9.19. The number of hydrogen-bond acceptors (Lipinski definition) is 6. The van der Waals surface area contributed by atoms with Crippen LogP contribution in [0.3, 0.4) is 0 Å². The van der Waals surface area contributed by atoms with Gasteiger partial charge in [-0.15, -0.1) is 0 Å². The second kappa shape index (κ2) is 8.35. The Morgan fingerprint density at radius 3 is 2.60 bits per heavy atom. The van der Waals surface area contributed by atoms with Crippen LogP contribution in [0.5, 0.6) is 0 Å². The molecule has 0 amide bonds. The highest BCUT2D eigenvalue weighted by Crippen LogP contribution is 2.30. The van der Waals surface area contributed by atoms with Gasteiger partial charge < -0.3 is 9.30 Å². The van der Waals surface area contributed by atoms with Crippen LogP contribution in [0.15, 0.2) is 73.3 Å². The van der Waals surface area contributed by atoms with Crippen LogP contribution in [0.25, 0.3) is 38.9 Å². The molecule has 0 saturated carbocycles. The first-order valence-corrected chi connectivity index (χ1v) is 11.1. The predicted octanol–water partition coefficient (Wildman–Crippen LogP) is 5.50. The molecular formula is C26H23N5O4. The topological polar surface area (TPSA) is 105 Å². The fourth-order valence-electron chi connectivity index (χ4n) is 3.92. The van der Waals surface area contributed by atoms with Gasteiger partial charge in [-0.1, -0.05) is 24.3 Å². The average Bonchev–Trinajstić information content (AvgIpc) is 3.45. The van der Waals surface area contributed by atoms with E-state index in [1.807, 2.05) is 74.1 Å². The third kappa shape index (κ3) is 4.12. The van der Waals surface area contributed by atoms with Crippen molar-refractivity contribution in [3.05, 3.63) is 83.4 Å². The summed E-state index contributed by atoms with van der Waals surface area (Å²) in [5.74, 6) is 0.390. The zero-order valence-electron chi connectivity index (χ0n) is 19.5. The second-order valence-corrected chi connectivity index (χ2v) is 9.30. The molecule has 9 nitrogen and oxygen atoms in total. The Bertz CT molecular complexity index is 1590. The van der Waals surface area contributed by atoms with Crippen molar-refractivity contribution >= 4 is 33.6 Å². The van der Waals surface area contributed by atoms with Gasteiger partial charge in [-0.3, -0.25) is 19.5 Å². The molecule has 9 heteroatoms. The quantitative estimate of drug-likeness (QED) is 0.191. The van der Waals surface area contributed by atoms with Crippen LogP contribution < -0.4 is 0 Å². The molecule has 0 saturated heterocycles. The summed E-state index contributed by atoms with van der Waals surface area (Å²) in [5, 5.41) is 13.0. The molecule has 0 atom stereocenters. The first-order chi connectivity index (χ1) is 16.7. The number of hydrogen-bond donors (Lipinski definition) is 0. The lowest BCUT2D eigenvalue weighted by molar-refractivity contribution is -0.384. The van der Waals surface area contributed by atoms with Gasteiger partial charge in [-0.2, -0.15) is 0 Å². The van der Waals surface area contributed by atoms with Crippen LogP contribution >= 0.6 is 0 Å². The molecule has 5 rings (SSSR count). The van der Waals surface area contributed by atoms with Crippen LogP contribution in [0.2, 0.25) is 0 Å². The van der Waals surface area contributed by atoms with E-state index in [-0.39, 0.29) is 18.4 Å². The monoisotopic (exact) mass is 469 g/mol. The Labute approximate surface area is 200 Å². The molecule has 0 N–H and O–H groups in total. The number of non-ortho nitro benzene ring substituents is 1. The normalized spacial score (nSPS) is 11.7. The number of carbonyl (C=O) groups is 1. The maximum absolute atomic E-state index is 12.2. The van der Waals surface area contributed by atoms with Crippen LogP contribution in [0.4, 0.5) is 5.69 Å². The van der Waals surface area contributed by atoms with Crippen molar-refractivity contribution in [3.8, 4) is 16.9 Å². The summed E-state index contributed by atoms with van der Waals surface area (Å²) in [7, 11) is 0. The summed E-state index contributed by atoms with van der Waals surface area (Å²) in [6, 6.07) is 16.4. The number of benzene rings is 2. The number of nitro benzene ring substituents is 1. The minimum Gasteiger partial charge on any atom is -0.443 e. The number of nitro groups is 1. The Hall–Kier alpha value is -4.53. The van der Waals surface area contributed by atoms with Gasteiger partial charge in [0.25, 0.3) is 5.69 Å². The smallest absolute Gasteiger partial charge is 0.312 e. The fraction of sp³-hybridized carbons (Fsp3) is 0.192. The summed E-state index contributed by atoms with van der Waals surface area (Å²) in [6.45, 7) is 5.48. The van der Waals surface area contributed by atoms with E-state index in [9.17, 15) is 14.9 Å². The Balaban J connectivity index is 1.55. The molecule has 3 heterocycles. The SMILES string of the molecule is CC(C)(C)C(=O)OCn1ccc2c(-n3ccc4ccc(-c5cccc([N+](=O)[O-])c5)cc43)ncnc21. The van der Waals surface area contributed by atoms with Crippen molar-refractivity contribution < 1.29 is 14.5 Å². The van der Waals surface area contributed by atoms with Gasteiger partial charge in [0.05, 0.1) is 21.2 Å². The number of rotatable bonds is 5. The summed E-state index contributed by atoms with van der Waals surface area (Å²) >= 11 is 0. The van der Waals surface area contributed by atoms with E-state index in [0.717, 1.165) is 27.4 Å². The molecule has 0 aliphatic rings. The zero-order chi connectivity index (χ0) is 24.7. The largest absolute Gasteiger partial charge is 0.443 e. The van der Waals surface area contributed by atoms with Crippen molar-refractivity contribution in [3.63, 3.8) is 0 Å². The second-order valence-electron chi connectivity index (χ2n) is 9.30. The predicted molar refractivity (Wildman–Crippen MR) is 132 cm³/mol. The highest BCUT2D eigenvalue weighted by Gasteiger charge is 2.23. The van der Waals surface area contributed by atoms with Gasteiger partial charge in [0.15, 0.2) is 6.73 Å². The first kappa shape index (κ1) is 22.3. The van der Waals surface area contributed by atoms with E-state index in [2.05, 4.69) is 9.97 Å². The first-order valence-electron chi connectivity index (χ1n) is 11.1. The summed E-state index contributed by atoms with van der Waals surface area (Å²) in [4.78, 5) is 31.9. The average molecular weight is 470 g/mol. The molecule has 0 fully saturated rings. The molecule has 0 aliphatic heterocycles. The van der Waals surface area contributed by atoms with E-state index < -0.39 is 10.3 Å². The van der Waals surface area contributed by atoms with E-state index >= 15 is 0 Å². The van der Waals surface area contributed by atoms with Gasteiger partial charge in [-0.25, -0.2) is 9.97 Å². The number of esters is 1. The standard InChI is InChI=1S/C26H23N5O4/c1-26(2,3)25(32)35-16-29-11-10-21-23(29)27-15-28-24(21)30-12-9-17-7-8-19(14-22(17)30)18-5-4-6-20(13-18)31(33)34/h4-15H,16H2,1-3H3. The van der Waals surface area contributed by atoms with Gasteiger partial charge in [0.2, 0.25) is 0 Å². The molecule has 0 bridgehead atoms. The van der Waals surface area contributed by atoms with Gasteiger partial charge >= 0.3 is 5.97 Å². The minimum atomic E-state index is -0.593. The third-order valence-electron chi connectivity index (χ3n) is 5.79. The van der Waals surface area contributed by atoms with Gasteiger partial charge in [-0.05, 0) is 50.1 Å². The summed E-state index contributed by atoms with van der Waals surface area (Å²) in [5.41, 5.74) is 2.62. The van der Waals surface area contributed by atoms with E-state index in [4.69, 9.17) is 4.74 Å². The van der Waals surface area contributed by atoms with Crippen LogP contribution in [-0.4, -0.2) is 30.0 Å². The molecule has 3 aromatic heterocycles. The number of ether oxygens (including phenoxy) is 1. The van der Waals surface area contributed by atoms with E-state index in [0.29, 0.717) is 11.5 Å². The lowest BCUT2D eigenvalue weighted by Gasteiger charge is -2.17. The molecule has 176 valence electrons. The van der Waals surface area contributed by atoms with Crippen molar-refractivity contribution in [2.24, 2.45) is 5.41 Å². The maximum atomic E-state index is 12.2. The lowest BCUT2D eigenvalue weighted by atomic mass is 9.98. The van der Waals surface area contributed by atoms with Crippen molar-refractivity contribution in [1.29, 1.82) is 0 Å². The fourth-order valence-corrected chi connectivity index (χ4v) is 3.92. The molecule has 5 aromatic rings. The molecule has 0 aliphatic carbocycles. The van der Waals surface area contributed by atoms with Crippen molar-refractivity contribution in [2.45, 2.75) is 27.5 Å². The number of nitrogens with zero attached hydrogens (tertiary/aromatic N) is 5. The van der Waals surface area contributed by atoms with Crippen molar-refractivity contribution in [1.82, 2.24) is 19.1 Å². The highest BCUT2D eigenvalue weighted by molar-refractivity contribution is 5.91. The van der Waals surface area contributed by atoms with E-state index in [1.165, 1.54) is 12.4 Å². The molecule has 0 spiro atoms. The Morgan fingerprint density at radius 1 is 1.03 bits per heavy atom. The lowest BCUT2D eigenvalue weighted by Crippen LogP contribution is -2.23. The molecule has 2 aromatic carbocycles. The molecular weight excluding hydrogens is 446 g/mol. The van der Waals surface area contributed by atoms with Gasteiger partial charge in [0, 0.05) is 29.9 Å². The van der Waals surface area contributed by atoms with Gasteiger partial charge in [0.1, 0.15) is 17.8 Å². The number of carbonyl (C=O) groups excluding carboxylic acids is 1.